The van der Waals surface area contributed by atoms with Crippen molar-refractivity contribution < 1.29 is 19.0 Å². The molecule has 29 heavy (non-hydrogen) atoms. The molecule has 3 aromatic rings. The maximum absolute atomic E-state index is 11.3. The van der Waals surface area contributed by atoms with Gasteiger partial charge in [-0.05, 0) is 24.1 Å². The van der Waals surface area contributed by atoms with Crippen molar-refractivity contribution in [1.29, 1.82) is 0 Å². The molecule has 0 amide bonds. The molecule has 0 spiro atoms. The third kappa shape index (κ3) is 5.34. The van der Waals surface area contributed by atoms with Crippen LogP contribution in [0.4, 0.5) is 5.82 Å². The molecule has 0 aliphatic carbocycles. The number of benzene rings is 1. The summed E-state index contributed by atoms with van der Waals surface area (Å²) in [6.45, 7) is 3.58. The van der Waals surface area contributed by atoms with Gasteiger partial charge in [0.1, 0.15) is 12.4 Å². The first kappa shape index (κ1) is 20.4. The molecule has 0 aliphatic rings. The lowest BCUT2D eigenvalue weighted by Gasteiger charge is -2.09. The van der Waals surface area contributed by atoms with E-state index >= 15 is 0 Å². The fourth-order valence-electron chi connectivity index (χ4n) is 2.69. The number of aromatic nitrogens is 4. The molecule has 3 rings (SSSR count). The van der Waals surface area contributed by atoms with Gasteiger partial charge in [0.2, 0.25) is 0 Å². The van der Waals surface area contributed by atoms with Crippen molar-refractivity contribution >= 4 is 23.0 Å². The number of anilines is 1. The Labute approximate surface area is 168 Å². The minimum atomic E-state index is -0.273. The number of imidazole rings is 1. The van der Waals surface area contributed by atoms with Crippen molar-refractivity contribution in [3.05, 3.63) is 36.2 Å². The zero-order valence-electron chi connectivity index (χ0n) is 16.6. The summed E-state index contributed by atoms with van der Waals surface area (Å²) in [5.74, 6) is 0.730. The normalized spacial score (nSPS) is 10.8. The molecule has 0 aliphatic heterocycles. The lowest BCUT2D eigenvalue weighted by atomic mass is 10.1. The van der Waals surface area contributed by atoms with Crippen molar-refractivity contribution in [3.63, 3.8) is 0 Å². The Balaban J connectivity index is 1.61. The van der Waals surface area contributed by atoms with E-state index in [2.05, 4.69) is 26.6 Å². The summed E-state index contributed by atoms with van der Waals surface area (Å²) in [4.78, 5) is 24.2. The number of unbranched alkanes of at least 4 members (excludes halogenated alkanes) is 1. The number of carbonyl (C=O) groups excluding carboxylic acids is 1. The zero-order chi connectivity index (χ0) is 20.6. The second-order valence-corrected chi connectivity index (χ2v) is 6.45. The topological polar surface area (TPSA) is 114 Å². The highest BCUT2D eigenvalue weighted by molar-refractivity contribution is 5.81. The summed E-state index contributed by atoms with van der Waals surface area (Å²) in [6.07, 6.45) is 3.85. The molecule has 0 saturated heterocycles. The second-order valence-electron chi connectivity index (χ2n) is 6.45. The van der Waals surface area contributed by atoms with Crippen molar-refractivity contribution in [2.45, 2.75) is 32.7 Å². The fourth-order valence-corrected chi connectivity index (χ4v) is 2.69. The molecule has 1 aromatic carbocycles. The molecule has 2 aromatic heterocycles. The highest BCUT2D eigenvalue weighted by Gasteiger charge is 2.12. The largest absolute Gasteiger partial charge is 0.492 e. The SMILES string of the molecule is CCCCOc1nc(N)c2ncn(CCOc3ccc(CC(=O)OC)cc3)c2n1. The van der Waals surface area contributed by atoms with E-state index in [1.54, 1.807) is 6.33 Å². The van der Waals surface area contributed by atoms with Crippen molar-refractivity contribution in [3.8, 4) is 11.8 Å². The molecule has 0 unspecified atom stereocenters. The number of nitrogens with two attached hydrogens (primary N) is 1. The van der Waals surface area contributed by atoms with E-state index in [1.165, 1.54) is 7.11 Å². The number of methoxy groups -OCH3 is 1. The summed E-state index contributed by atoms with van der Waals surface area (Å²) in [5, 5.41) is 0. The number of ether oxygens (including phenoxy) is 3. The highest BCUT2D eigenvalue weighted by atomic mass is 16.5. The van der Waals surface area contributed by atoms with Gasteiger partial charge in [-0.25, -0.2) is 4.98 Å². The Hall–Kier alpha value is -3.36. The second kappa shape index (κ2) is 9.72. The average molecular weight is 399 g/mol. The van der Waals surface area contributed by atoms with Gasteiger partial charge in [-0.2, -0.15) is 9.97 Å². The van der Waals surface area contributed by atoms with Crippen LogP contribution in [-0.4, -0.2) is 45.8 Å². The van der Waals surface area contributed by atoms with Crippen LogP contribution in [0.2, 0.25) is 0 Å². The first-order valence-electron chi connectivity index (χ1n) is 9.50. The molecule has 0 radical (unpaired) electrons. The maximum Gasteiger partial charge on any atom is 0.320 e. The van der Waals surface area contributed by atoms with Gasteiger partial charge >= 0.3 is 12.0 Å². The summed E-state index contributed by atoms with van der Waals surface area (Å²) in [5.41, 5.74) is 8.00. The molecular weight excluding hydrogens is 374 g/mol. The summed E-state index contributed by atoms with van der Waals surface area (Å²) in [6, 6.07) is 7.58. The standard InChI is InChI=1S/C20H25N5O4/c1-3-4-10-29-20-23-18(21)17-19(24-20)25(13-22-17)9-11-28-15-7-5-14(6-8-15)12-16(26)27-2/h5-8,13H,3-4,9-12H2,1-2H3,(H2,21,23,24). The number of fused-ring (bicyclic) bond motifs is 1. The van der Waals surface area contributed by atoms with E-state index in [0.717, 1.165) is 18.4 Å². The molecule has 0 bridgehead atoms. The molecule has 0 atom stereocenters. The molecule has 2 N–H and O–H groups in total. The van der Waals surface area contributed by atoms with Crippen LogP contribution < -0.4 is 15.2 Å². The quantitative estimate of drug-likeness (QED) is 0.408. The Morgan fingerprint density at radius 3 is 2.66 bits per heavy atom. The third-order valence-corrected chi connectivity index (χ3v) is 4.30. The Morgan fingerprint density at radius 1 is 1.14 bits per heavy atom. The monoisotopic (exact) mass is 399 g/mol. The van der Waals surface area contributed by atoms with Crippen LogP contribution >= 0.6 is 0 Å². The number of carbonyl (C=O) groups is 1. The number of hydrogen-bond acceptors (Lipinski definition) is 8. The van der Waals surface area contributed by atoms with Gasteiger partial charge in [-0.15, -0.1) is 0 Å². The van der Waals surface area contributed by atoms with Crippen LogP contribution in [0.5, 0.6) is 11.8 Å². The van der Waals surface area contributed by atoms with E-state index in [0.29, 0.717) is 42.5 Å². The minimum absolute atomic E-state index is 0.238. The molecular formula is C20H25N5O4. The van der Waals surface area contributed by atoms with Gasteiger partial charge in [0, 0.05) is 0 Å². The number of esters is 1. The molecule has 0 fully saturated rings. The summed E-state index contributed by atoms with van der Waals surface area (Å²) in [7, 11) is 1.37. The third-order valence-electron chi connectivity index (χ3n) is 4.30. The van der Waals surface area contributed by atoms with Crippen molar-refractivity contribution in [1.82, 2.24) is 19.5 Å². The summed E-state index contributed by atoms with van der Waals surface area (Å²) < 4.78 is 17.9. The Bertz CT molecular complexity index is 955. The number of rotatable bonds is 10. The Kier molecular flexibility index (Phi) is 6.83. The maximum atomic E-state index is 11.3. The van der Waals surface area contributed by atoms with E-state index in [-0.39, 0.29) is 18.4 Å². The molecule has 0 saturated carbocycles. The number of hydrogen-bond donors (Lipinski definition) is 1. The van der Waals surface area contributed by atoms with Crippen LogP contribution in [0.15, 0.2) is 30.6 Å². The van der Waals surface area contributed by atoms with Crippen molar-refractivity contribution in [2.75, 3.05) is 26.1 Å². The first-order valence-corrected chi connectivity index (χ1v) is 9.50. The lowest BCUT2D eigenvalue weighted by Crippen LogP contribution is -2.09. The number of nitrogen functional groups attached to an aromatic ring is 1. The molecule has 9 heteroatoms. The van der Waals surface area contributed by atoms with Crippen LogP contribution in [0.25, 0.3) is 11.2 Å². The van der Waals surface area contributed by atoms with Crippen molar-refractivity contribution in [2.24, 2.45) is 0 Å². The van der Waals surface area contributed by atoms with E-state index in [1.807, 2.05) is 28.8 Å². The van der Waals surface area contributed by atoms with E-state index in [9.17, 15) is 4.79 Å². The van der Waals surface area contributed by atoms with Gasteiger partial charge in [-0.1, -0.05) is 25.5 Å². The zero-order valence-corrected chi connectivity index (χ0v) is 16.6. The van der Waals surface area contributed by atoms with Crippen LogP contribution in [-0.2, 0) is 22.5 Å². The predicted molar refractivity (Wildman–Crippen MR) is 108 cm³/mol. The Morgan fingerprint density at radius 2 is 1.93 bits per heavy atom. The fraction of sp³-hybridized carbons (Fsp3) is 0.400. The first-order chi connectivity index (χ1) is 14.1. The summed E-state index contributed by atoms with van der Waals surface area (Å²) >= 11 is 0. The van der Waals surface area contributed by atoms with Crippen LogP contribution in [0.1, 0.15) is 25.3 Å². The molecule has 2 heterocycles. The van der Waals surface area contributed by atoms with E-state index in [4.69, 9.17) is 15.2 Å². The minimum Gasteiger partial charge on any atom is -0.492 e. The number of nitrogens with zero attached hydrogens (tertiary/aromatic N) is 4. The van der Waals surface area contributed by atoms with Crippen LogP contribution in [0, 0.1) is 0 Å². The van der Waals surface area contributed by atoms with Gasteiger partial charge in [0.05, 0.1) is 33.0 Å². The van der Waals surface area contributed by atoms with Gasteiger partial charge in [0.25, 0.3) is 0 Å². The predicted octanol–water partition coefficient (Wildman–Crippen LogP) is 2.38. The lowest BCUT2D eigenvalue weighted by molar-refractivity contribution is -0.139. The van der Waals surface area contributed by atoms with Gasteiger partial charge in [0.15, 0.2) is 17.0 Å². The molecule has 154 valence electrons. The average Bonchev–Trinajstić information content (AvgIpc) is 3.13. The van der Waals surface area contributed by atoms with Gasteiger partial charge < -0.3 is 24.5 Å². The van der Waals surface area contributed by atoms with Gasteiger partial charge in [-0.3, -0.25) is 4.79 Å². The van der Waals surface area contributed by atoms with E-state index < -0.39 is 0 Å². The van der Waals surface area contributed by atoms with Crippen LogP contribution in [0.3, 0.4) is 0 Å². The molecule has 9 nitrogen and oxygen atoms in total. The smallest absolute Gasteiger partial charge is 0.320 e. The highest BCUT2D eigenvalue weighted by Crippen LogP contribution is 2.20.